The molecule has 0 atom stereocenters. The highest BCUT2D eigenvalue weighted by molar-refractivity contribution is 7.11. The first-order chi connectivity index (χ1) is 9.99. The van der Waals surface area contributed by atoms with Crippen LogP contribution < -0.4 is 5.43 Å². The molecule has 2 rings (SSSR count). The molecule has 108 valence electrons. The van der Waals surface area contributed by atoms with E-state index in [1.807, 2.05) is 17.5 Å². The second kappa shape index (κ2) is 6.09. The van der Waals surface area contributed by atoms with Crippen LogP contribution in [0.25, 0.3) is 0 Å². The van der Waals surface area contributed by atoms with Crippen LogP contribution in [0.4, 0.5) is 17.1 Å². The lowest BCUT2D eigenvalue weighted by molar-refractivity contribution is -0.394. The van der Waals surface area contributed by atoms with Gasteiger partial charge in [0.2, 0.25) is 0 Å². The number of rotatable bonds is 5. The van der Waals surface area contributed by atoms with Gasteiger partial charge in [0.1, 0.15) is 5.69 Å². The monoisotopic (exact) mass is 306 g/mol. The molecule has 0 radical (unpaired) electrons. The van der Waals surface area contributed by atoms with Crippen molar-refractivity contribution in [3.63, 3.8) is 0 Å². The van der Waals surface area contributed by atoms with E-state index in [1.165, 1.54) is 30.5 Å². The van der Waals surface area contributed by atoms with Crippen molar-refractivity contribution in [1.82, 2.24) is 0 Å². The molecule has 0 saturated heterocycles. The average Bonchev–Trinajstić information content (AvgIpc) is 2.91. The van der Waals surface area contributed by atoms with E-state index in [0.29, 0.717) is 5.56 Å². The fraction of sp³-hybridized carbons (Fsp3) is 0.0833. The van der Waals surface area contributed by atoms with Crippen molar-refractivity contribution in [3.8, 4) is 0 Å². The first-order valence-electron chi connectivity index (χ1n) is 5.75. The number of thiophene rings is 1. The van der Waals surface area contributed by atoms with Gasteiger partial charge < -0.3 is 0 Å². The SMILES string of the molecule is Cc1cc(N/N=C\c2cccs2)c([N+](=O)[O-])cc1[N+](=O)[O-]. The number of hydrazone groups is 1. The van der Waals surface area contributed by atoms with Crippen LogP contribution in [0.5, 0.6) is 0 Å². The molecule has 1 aromatic heterocycles. The van der Waals surface area contributed by atoms with Gasteiger partial charge in [0, 0.05) is 10.4 Å². The van der Waals surface area contributed by atoms with Crippen molar-refractivity contribution in [2.75, 3.05) is 5.43 Å². The van der Waals surface area contributed by atoms with Gasteiger partial charge in [-0.1, -0.05) is 6.07 Å². The summed E-state index contributed by atoms with van der Waals surface area (Å²) in [5, 5.41) is 27.6. The molecule has 1 heterocycles. The Morgan fingerprint density at radius 3 is 2.52 bits per heavy atom. The molecule has 0 spiro atoms. The topological polar surface area (TPSA) is 111 Å². The van der Waals surface area contributed by atoms with Crippen LogP contribution >= 0.6 is 11.3 Å². The Labute approximate surface area is 123 Å². The minimum Gasteiger partial charge on any atom is -0.272 e. The van der Waals surface area contributed by atoms with E-state index in [-0.39, 0.29) is 11.4 Å². The zero-order valence-corrected chi connectivity index (χ0v) is 11.7. The molecule has 1 aromatic carbocycles. The van der Waals surface area contributed by atoms with E-state index >= 15 is 0 Å². The van der Waals surface area contributed by atoms with Gasteiger partial charge in [-0.2, -0.15) is 5.10 Å². The first-order valence-corrected chi connectivity index (χ1v) is 6.63. The Bertz CT molecular complexity index is 712. The molecule has 0 bridgehead atoms. The molecular formula is C12H10N4O4S. The van der Waals surface area contributed by atoms with Crippen LogP contribution in [0.15, 0.2) is 34.7 Å². The molecule has 1 N–H and O–H groups in total. The zero-order valence-electron chi connectivity index (χ0n) is 10.8. The number of nitro benzene ring substituents is 2. The second-order valence-electron chi connectivity index (χ2n) is 4.06. The number of nitro groups is 2. The highest BCUT2D eigenvalue weighted by Crippen LogP contribution is 2.32. The van der Waals surface area contributed by atoms with E-state index < -0.39 is 15.5 Å². The smallest absolute Gasteiger partial charge is 0.272 e. The van der Waals surface area contributed by atoms with Crippen molar-refractivity contribution in [2.45, 2.75) is 6.92 Å². The standard InChI is InChI=1S/C12H10N4O4S/c1-8-5-10(14-13-7-9-3-2-4-21-9)12(16(19)20)6-11(8)15(17)18/h2-7,14H,1H3/b13-7-. The van der Waals surface area contributed by atoms with E-state index in [0.717, 1.165) is 10.9 Å². The molecule has 2 aromatic rings. The number of benzene rings is 1. The predicted octanol–water partition coefficient (Wildman–Crippen LogP) is 3.32. The van der Waals surface area contributed by atoms with Gasteiger partial charge in [-0.15, -0.1) is 11.3 Å². The molecular weight excluding hydrogens is 296 g/mol. The van der Waals surface area contributed by atoms with E-state index in [9.17, 15) is 20.2 Å². The Morgan fingerprint density at radius 1 is 1.24 bits per heavy atom. The summed E-state index contributed by atoms with van der Waals surface area (Å²) in [4.78, 5) is 21.3. The number of nitrogens with one attached hydrogen (secondary N) is 1. The van der Waals surface area contributed by atoms with Gasteiger partial charge in [0.05, 0.1) is 22.1 Å². The van der Waals surface area contributed by atoms with Crippen LogP contribution in [0.1, 0.15) is 10.4 Å². The summed E-state index contributed by atoms with van der Waals surface area (Å²) in [5.41, 5.74) is 2.29. The number of aryl methyl sites for hydroxylation is 1. The summed E-state index contributed by atoms with van der Waals surface area (Å²) < 4.78 is 0. The fourth-order valence-corrected chi connectivity index (χ4v) is 2.24. The van der Waals surface area contributed by atoms with Crippen molar-refractivity contribution in [2.24, 2.45) is 5.10 Å². The van der Waals surface area contributed by atoms with Crippen LogP contribution in [-0.2, 0) is 0 Å². The van der Waals surface area contributed by atoms with Crippen molar-refractivity contribution < 1.29 is 9.85 Å². The summed E-state index contributed by atoms with van der Waals surface area (Å²) in [6.07, 6.45) is 1.52. The molecule has 8 nitrogen and oxygen atoms in total. The first kappa shape index (κ1) is 14.6. The molecule has 0 unspecified atom stereocenters. The highest BCUT2D eigenvalue weighted by atomic mass is 32.1. The predicted molar refractivity (Wildman–Crippen MR) is 80.0 cm³/mol. The van der Waals surface area contributed by atoms with Crippen molar-refractivity contribution in [1.29, 1.82) is 0 Å². The molecule has 0 aliphatic heterocycles. The lowest BCUT2D eigenvalue weighted by Crippen LogP contribution is -2.00. The Hall–Kier alpha value is -2.81. The fourth-order valence-electron chi connectivity index (χ4n) is 1.65. The maximum Gasteiger partial charge on any atom is 0.301 e. The summed E-state index contributed by atoms with van der Waals surface area (Å²) in [6, 6.07) is 5.95. The quantitative estimate of drug-likeness (QED) is 0.517. The third-order valence-electron chi connectivity index (χ3n) is 2.63. The maximum absolute atomic E-state index is 11.0. The van der Waals surface area contributed by atoms with Gasteiger partial charge in [0.15, 0.2) is 0 Å². The minimum absolute atomic E-state index is 0.107. The van der Waals surface area contributed by atoms with Gasteiger partial charge in [0.25, 0.3) is 5.69 Å². The third-order valence-corrected chi connectivity index (χ3v) is 3.43. The van der Waals surface area contributed by atoms with Gasteiger partial charge in [-0.3, -0.25) is 25.7 Å². The maximum atomic E-state index is 11.0. The third kappa shape index (κ3) is 3.39. The Morgan fingerprint density at radius 2 is 1.95 bits per heavy atom. The lowest BCUT2D eigenvalue weighted by atomic mass is 10.1. The highest BCUT2D eigenvalue weighted by Gasteiger charge is 2.22. The van der Waals surface area contributed by atoms with Gasteiger partial charge in [-0.25, -0.2) is 0 Å². The normalized spacial score (nSPS) is 10.7. The molecule has 0 saturated carbocycles. The number of anilines is 1. The van der Waals surface area contributed by atoms with Crippen molar-refractivity contribution in [3.05, 3.63) is 60.3 Å². The molecule has 21 heavy (non-hydrogen) atoms. The van der Waals surface area contributed by atoms with Crippen LogP contribution in [0, 0.1) is 27.2 Å². The number of hydrogen-bond acceptors (Lipinski definition) is 7. The molecule has 0 fully saturated rings. The summed E-state index contributed by atoms with van der Waals surface area (Å²) >= 11 is 1.47. The van der Waals surface area contributed by atoms with Gasteiger partial charge in [-0.05, 0) is 24.4 Å². The van der Waals surface area contributed by atoms with E-state index in [4.69, 9.17) is 0 Å². The largest absolute Gasteiger partial charge is 0.301 e. The number of hydrogen-bond donors (Lipinski definition) is 1. The van der Waals surface area contributed by atoms with E-state index in [2.05, 4.69) is 10.5 Å². The van der Waals surface area contributed by atoms with Crippen molar-refractivity contribution >= 4 is 34.6 Å². The van der Waals surface area contributed by atoms with Gasteiger partial charge >= 0.3 is 5.69 Å². The van der Waals surface area contributed by atoms with Crippen LogP contribution in [-0.4, -0.2) is 16.1 Å². The van der Waals surface area contributed by atoms with Crippen LogP contribution in [0.2, 0.25) is 0 Å². The number of nitrogens with zero attached hydrogens (tertiary/aromatic N) is 3. The summed E-state index contributed by atoms with van der Waals surface area (Å²) in [5.74, 6) is 0. The molecule has 0 amide bonds. The van der Waals surface area contributed by atoms with Crippen LogP contribution in [0.3, 0.4) is 0 Å². The Kier molecular flexibility index (Phi) is 4.24. The molecule has 0 aliphatic carbocycles. The minimum atomic E-state index is -0.685. The lowest BCUT2D eigenvalue weighted by Gasteiger charge is -2.04. The molecule has 0 aliphatic rings. The Balaban J connectivity index is 2.32. The molecule has 9 heteroatoms. The zero-order chi connectivity index (χ0) is 15.4. The van der Waals surface area contributed by atoms with E-state index in [1.54, 1.807) is 0 Å². The summed E-state index contributed by atoms with van der Waals surface area (Å²) in [7, 11) is 0. The average molecular weight is 306 g/mol. The summed E-state index contributed by atoms with van der Waals surface area (Å²) in [6.45, 7) is 1.51. The second-order valence-corrected chi connectivity index (χ2v) is 5.03.